The third kappa shape index (κ3) is 10.4. The summed E-state index contributed by atoms with van der Waals surface area (Å²) in [6, 6.07) is 8.14. The van der Waals surface area contributed by atoms with Gasteiger partial charge in [0.1, 0.15) is 5.52 Å². The third-order valence-corrected chi connectivity index (χ3v) is 7.89. The van der Waals surface area contributed by atoms with Gasteiger partial charge in [-0.3, -0.25) is 4.79 Å². The van der Waals surface area contributed by atoms with Crippen LogP contribution in [0.4, 0.5) is 5.82 Å². The predicted molar refractivity (Wildman–Crippen MR) is 168 cm³/mol. The molecular weight excluding hydrogens is 498 g/mol. The van der Waals surface area contributed by atoms with Crippen LogP contribution < -0.4 is 11.1 Å². The normalized spacial score (nSPS) is 12.3. The van der Waals surface area contributed by atoms with Crippen LogP contribution in [-0.2, 0) is 9.53 Å². The number of benzene rings is 1. The standard InChI is InChI=1S/C33H53N5O2/c1-3-5-6-7-8-9-10-11-12-13-14-15-16-23-30(39)35-24-19-20-27(25-40-4-2)38-26-36-31-32(38)28-21-17-18-22-29(28)37-33(31)34/h17-18,21-22,26-27H,3-16,19-20,23-25H2,1-2H3,(H2,34,37)(H,35,39)/t27-/m0/s1. The molecule has 3 aromatic rings. The van der Waals surface area contributed by atoms with Gasteiger partial charge in [0.15, 0.2) is 5.82 Å². The number of pyridine rings is 1. The Labute approximate surface area is 241 Å². The highest BCUT2D eigenvalue weighted by atomic mass is 16.5. The van der Waals surface area contributed by atoms with Crippen LogP contribution in [0.5, 0.6) is 0 Å². The van der Waals surface area contributed by atoms with Gasteiger partial charge in [-0.1, -0.05) is 102 Å². The number of imidazole rings is 1. The zero-order valence-corrected chi connectivity index (χ0v) is 25.1. The monoisotopic (exact) mass is 551 g/mol. The van der Waals surface area contributed by atoms with Crippen molar-refractivity contribution in [1.29, 1.82) is 0 Å². The summed E-state index contributed by atoms with van der Waals surface area (Å²) in [7, 11) is 0. The quantitative estimate of drug-likeness (QED) is 0.123. The number of anilines is 1. The zero-order chi connectivity index (χ0) is 28.4. The molecule has 40 heavy (non-hydrogen) atoms. The molecule has 0 aliphatic carbocycles. The minimum Gasteiger partial charge on any atom is -0.382 e. The molecule has 1 atom stereocenters. The molecule has 0 saturated carbocycles. The number of nitrogens with two attached hydrogens (primary N) is 1. The van der Waals surface area contributed by atoms with Crippen molar-refractivity contribution in [2.45, 2.75) is 123 Å². The lowest BCUT2D eigenvalue weighted by Crippen LogP contribution is -2.25. The average Bonchev–Trinajstić information content (AvgIpc) is 3.41. The Kier molecular flexibility index (Phi) is 14.8. The van der Waals surface area contributed by atoms with E-state index in [0.29, 0.717) is 32.0 Å². The number of carbonyl (C=O) groups excluding carboxylic acids is 1. The van der Waals surface area contributed by atoms with Gasteiger partial charge in [0.05, 0.1) is 30.0 Å². The molecule has 0 spiro atoms. The first-order valence-electron chi connectivity index (χ1n) is 16.0. The first-order valence-corrected chi connectivity index (χ1v) is 16.0. The van der Waals surface area contributed by atoms with Gasteiger partial charge in [-0.15, -0.1) is 0 Å². The molecule has 0 saturated heterocycles. The Morgan fingerprint density at radius 3 is 2.25 bits per heavy atom. The van der Waals surface area contributed by atoms with E-state index in [1.807, 2.05) is 31.5 Å². The van der Waals surface area contributed by atoms with Gasteiger partial charge in [0.25, 0.3) is 0 Å². The number of nitrogens with zero attached hydrogens (tertiary/aromatic N) is 3. The molecule has 0 aliphatic rings. The molecule has 7 heteroatoms. The van der Waals surface area contributed by atoms with Gasteiger partial charge in [0, 0.05) is 25.0 Å². The van der Waals surface area contributed by atoms with Crippen molar-refractivity contribution in [3.63, 3.8) is 0 Å². The largest absolute Gasteiger partial charge is 0.382 e. The summed E-state index contributed by atoms with van der Waals surface area (Å²) in [6.07, 6.45) is 21.4. The summed E-state index contributed by atoms with van der Waals surface area (Å²) in [5.41, 5.74) is 8.83. The molecule has 1 aromatic carbocycles. The second kappa shape index (κ2) is 18.6. The van der Waals surface area contributed by atoms with E-state index in [4.69, 9.17) is 10.5 Å². The Morgan fingerprint density at radius 1 is 0.925 bits per heavy atom. The van der Waals surface area contributed by atoms with Crippen molar-refractivity contribution < 1.29 is 9.53 Å². The number of rotatable bonds is 22. The molecule has 0 fully saturated rings. The summed E-state index contributed by atoms with van der Waals surface area (Å²) in [5, 5.41) is 4.16. The fraction of sp³-hybridized carbons (Fsp3) is 0.667. The van der Waals surface area contributed by atoms with Gasteiger partial charge in [-0.05, 0) is 32.3 Å². The number of fused-ring (bicyclic) bond motifs is 3. The lowest BCUT2D eigenvalue weighted by molar-refractivity contribution is -0.121. The summed E-state index contributed by atoms with van der Waals surface area (Å²) >= 11 is 0. The van der Waals surface area contributed by atoms with E-state index in [0.717, 1.165) is 47.6 Å². The fourth-order valence-corrected chi connectivity index (χ4v) is 5.56. The maximum Gasteiger partial charge on any atom is 0.219 e. The molecule has 7 nitrogen and oxygen atoms in total. The molecule has 0 unspecified atom stereocenters. The van der Waals surface area contributed by atoms with Crippen LogP contribution in [0.3, 0.4) is 0 Å². The second-order valence-electron chi connectivity index (χ2n) is 11.2. The van der Waals surface area contributed by atoms with E-state index in [2.05, 4.69) is 32.8 Å². The number of unbranched alkanes of at least 4 members (excludes halogenated alkanes) is 12. The van der Waals surface area contributed by atoms with Gasteiger partial charge in [-0.25, -0.2) is 9.97 Å². The molecular formula is C33H53N5O2. The lowest BCUT2D eigenvalue weighted by atomic mass is 10.0. The number of para-hydroxylation sites is 1. The number of amides is 1. The Morgan fingerprint density at radius 2 is 1.57 bits per heavy atom. The lowest BCUT2D eigenvalue weighted by Gasteiger charge is -2.20. The predicted octanol–water partition coefficient (Wildman–Crippen LogP) is 8.12. The Bertz CT molecular complexity index is 1130. The second-order valence-corrected chi connectivity index (χ2v) is 11.2. The smallest absolute Gasteiger partial charge is 0.219 e. The minimum atomic E-state index is 0.105. The number of nitrogen functional groups attached to an aromatic ring is 1. The van der Waals surface area contributed by atoms with E-state index in [9.17, 15) is 4.79 Å². The molecule has 2 aromatic heterocycles. The molecule has 0 aliphatic heterocycles. The van der Waals surface area contributed by atoms with E-state index >= 15 is 0 Å². The van der Waals surface area contributed by atoms with Crippen LogP contribution in [0.15, 0.2) is 30.6 Å². The summed E-state index contributed by atoms with van der Waals surface area (Å²) in [5.74, 6) is 0.616. The van der Waals surface area contributed by atoms with Crippen LogP contribution in [0.2, 0.25) is 0 Å². The van der Waals surface area contributed by atoms with Crippen LogP contribution in [0, 0.1) is 0 Å². The maximum absolute atomic E-state index is 12.4. The third-order valence-electron chi connectivity index (χ3n) is 7.89. The van der Waals surface area contributed by atoms with Crippen LogP contribution in [0.25, 0.3) is 21.9 Å². The van der Waals surface area contributed by atoms with Crippen molar-refractivity contribution in [1.82, 2.24) is 19.9 Å². The highest BCUT2D eigenvalue weighted by Crippen LogP contribution is 2.30. The fourth-order valence-electron chi connectivity index (χ4n) is 5.56. The number of carbonyl (C=O) groups is 1. The van der Waals surface area contributed by atoms with Crippen molar-refractivity contribution in [2.75, 3.05) is 25.5 Å². The van der Waals surface area contributed by atoms with E-state index < -0.39 is 0 Å². The number of aromatic nitrogens is 3. The summed E-state index contributed by atoms with van der Waals surface area (Å²) in [6.45, 7) is 6.21. The first kappa shape index (κ1) is 31.9. The first-order chi connectivity index (χ1) is 19.7. The van der Waals surface area contributed by atoms with Crippen LogP contribution in [0.1, 0.15) is 123 Å². The van der Waals surface area contributed by atoms with Crippen molar-refractivity contribution >= 4 is 33.7 Å². The molecule has 3 N–H and O–H groups in total. The van der Waals surface area contributed by atoms with Gasteiger partial charge in [0.2, 0.25) is 5.91 Å². The Hall–Kier alpha value is -2.67. The topological polar surface area (TPSA) is 95.1 Å². The van der Waals surface area contributed by atoms with E-state index in [1.165, 1.54) is 70.6 Å². The number of hydrogen-bond donors (Lipinski definition) is 2. The van der Waals surface area contributed by atoms with Gasteiger partial charge in [-0.2, -0.15) is 0 Å². The van der Waals surface area contributed by atoms with Gasteiger partial charge >= 0.3 is 0 Å². The summed E-state index contributed by atoms with van der Waals surface area (Å²) in [4.78, 5) is 21.5. The van der Waals surface area contributed by atoms with E-state index in [1.54, 1.807) is 0 Å². The number of ether oxygens (including phenoxy) is 1. The highest BCUT2D eigenvalue weighted by molar-refractivity contribution is 6.06. The number of nitrogens with one attached hydrogen (secondary N) is 1. The SMILES string of the molecule is CCCCCCCCCCCCCCCC(=O)NCCC[C@@H](COCC)n1cnc2c(N)nc3ccccc3c21. The van der Waals surface area contributed by atoms with Crippen molar-refractivity contribution in [3.8, 4) is 0 Å². The minimum absolute atomic E-state index is 0.105. The van der Waals surface area contributed by atoms with E-state index in [-0.39, 0.29) is 11.9 Å². The van der Waals surface area contributed by atoms with Crippen LogP contribution >= 0.6 is 0 Å². The average molecular weight is 552 g/mol. The zero-order valence-electron chi connectivity index (χ0n) is 25.1. The van der Waals surface area contributed by atoms with Crippen LogP contribution in [-0.4, -0.2) is 40.2 Å². The Balaban J connectivity index is 1.33. The summed E-state index contributed by atoms with van der Waals surface area (Å²) < 4.78 is 8.02. The molecule has 2 heterocycles. The maximum atomic E-state index is 12.4. The molecule has 0 bridgehead atoms. The molecule has 1 amide bonds. The van der Waals surface area contributed by atoms with Crippen molar-refractivity contribution in [3.05, 3.63) is 30.6 Å². The number of hydrogen-bond acceptors (Lipinski definition) is 5. The molecule has 3 rings (SSSR count). The highest BCUT2D eigenvalue weighted by Gasteiger charge is 2.18. The molecule has 0 radical (unpaired) electrons. The van der Waals surface area contributed by atoms with Crippen molar-refractivity contribution in [2.24, 2.45) is 0 Å². The molecule has 222 valence electrons. The van der Waals surface area contributed by atoms with Gasteiger partial charge < -0.3 is 20.4 Å².